The molecule has 0 aliphatic carbocycles. The maximum atomic E-state index is 13.2. The lowest BCUT2D eigenvalue weighted by Crippen LogP contribution is -2.29. The summed E-state index contributed by atoms with van der Waals surface area (Å²) in [4.78, 5) is 25.6. The Kier molecular flexibility index (Phi) is 6.13. The minimum Gasteiger partial charge on any atom is -0.342 e. The van der Waals surface area contributed by atoms with Gasteiger partial charge in [0.2, 0.25) is 0 Å². The molecule has 0 saturated heterocycles. The Labute approximate surface area is 199 Å². The summed E-state index contributed by atoms with van der Waals surface area (Å²) in [5.74, 6) is -0.722. The highest BCUT2D eigenvalue weighted by atomic mass is 19.4. The van der Waals surface area contributed by atoms with Gasteiger partial charge in [-0.2, -0.15) is 31.6 Å². The van der Waals surface area contributed by atoms with E-state index in [0.29, 0.717) is 23.3 Å². The molecule has 7 nitrogen and oxygen atoms in total. The summed E-state index contributed by atoms with van der Waals surface area (Å²) >= 11 is 0. The summed E-state index contributed by atoms with van der Waals surface area (Å²) in [5, 5.41) is 11.4. The number of amides is 1. The topological polar surface area (TPSA) is 96.5 Å². The number of nitriles is 1. The molecule has 0 radical (unpaired) electrons. The van der Waals surface area contributed by atoms with Gasteiger partial charge in [-0.3, -0.25) is 9.36 Å². The second-order valence-corrected chi connectivity index (χ2v) is 7.66. The van der Waals surface area contributed by atoms with E-state index in [-0.39, 0.29) is 23.3 Å². The van der Waals surface area contributed by atoms with Crippen molar-refractivity contribution in [2.45, 2.75) is 25.3 Å². The molecule has 0 unspecified atom stereocenters. The van der Waals surface area contributed by atoms with E-state index in [1.54, 1.807) is 12.1 Å². The average Bonchev–Trinajstić information content (AvgIpc) is 3.22. The number of halogens is 6. The Hall–Kier alpha value is -4.47. The van der Waals surface area contributed by atoms with Gasteiger partial charge in [0.25, 0.3) is 5.91 Å². The number of nitrogens with one attached hydrogen (secondary N) is 1. The van der Waals surface area contributed by atoms with Crippen molar-refractivity contribution in [3.8, 4) is 11.9 Å². The first-order chi connectivity index (χ1) is 16.9. The van der Waals surface area contributed by atoms with Gasteiger partial charge in [0.05, 0.1) is 22.7 Å². The Bertz CT molecular complexity index is 1450. The van der Waals surface area contributed by atoms with Gasteiger partial charge in [-0.25, -0.2) is 15.0 Å². The van der Waals surface area contributed by atoms with Gasteiger partial charge in [-0.1, -0.05) is 0 Å². The highest BCUT2D eigenvalue weighted by molar-refractivity contribution is 5.95. The first-order valence-electron chi connectivity index (χ1n) is 10.2. The summed E-state index contributed by atoms with van der Waals surface area (Å²) in [6.45, 7) is 1.46. The van der Waals surface area contributed by atoms with Crippen LogP contribution in [0.15, 0.2) is 54.9 Å². The molecule has 0 aliphatic heterocycles. The van der Waals surface area contributed by atoms with E-state index in [1.165, 1.54) is 36.0 Å². The van der Waals surface area contributed by atoms with Crippen molar-refractivity contribution in [2.75, 3.05) is 0 Å². The van der Waals surface area contributed by atoms with Crippen LogP contribution in [0.1, 0.15) is 45.8 Å². The first kappa shape index (κ1) is 24.6. The fourth-order valence-electron chi connectivity index (χ4n) is 3.46. The van der Waals surface area contributed by atoms with Crippen LogP contribution in [-0.2, 0) is 12.4 Å². The van der Waals surface area contributed by atoms with E-state index in [2.05, 4.69) is 20.3 Å². The number of alkyl halides is 6. The van der Waals surface area contributed by atoms with Crippen LogP contribution >= 0.6 is 0 Å². The highest BCUT2D eigenvalue weighted by Gasteiger charge is 2.37. The zero-order valence-corrected chi connectivity index (χ0v) is 18.2. The lowest BCUT2D eigenvalue weighted by Gasteiger charge is -2.17. The van der Waals surface area contributed by atoms with Crippen molar-refractivity contribution in [2.24, 2.45) is 0 Å². The minimum atomic E-state index is -5.09. The Morgan fingerprint density at radius 3 is 2.25 bits per heavy atom. The number of carbonyl (C=O) groups is 1. The van der Waals surface area contributed by atoms with Gasteiger partial charge >= 0.3 is 12.4 Å². The molecule has 3 aromatic heterocycles. The number of nitrogens with zero attached hydrogens (tertiary/aromatic N) is 5. The fraction of sp³-hybridized carbons (Fsp3) is 0.174. The summed E-state index contributed by atoms with van der Waals surface area (Å²) in [6.07, 6.45) is -7.40. The number of hydrogen-bond donors (Lipinski definition) is 1. The smallest absolute Gasteiger partial charge is 0.342 e. The van der Waals surface area contributed by atoms with Crippen molar-refractivity contribution >= 4 is 17.1 Å². The molecule has 0 bridgehead atoms. The molecule has 0 fully saturated rings. The lowest BCUT2D eigenvalue weighted by atomic mass is 10.0. The SMILES string of the molecule is C[C@H](NC(=O)c1cc(C(F)(F)F)cc(C(F)(F)F)c1)c1nc2cccnc2n1-c1ccc(C#N)cn1. The second-order valence-electron chi connectivity index (χ2n) is 7.66. The number of carbonyl (C=O) groups excluding carboxylic acids is 1. The van der Waals surface area contributed by atoms with E-state index in [0.717, 1.165) is 0 Å². The monoisotopic (exact) mass is 504 g/mol. The van der Waals surface area contributed by atoms with E-state index in [9.17, 15) is 31.1 Å². The normalized spacial score (nSPS) is 12.8. The molecular weight excluding hydrogens is 490 g/mol. The summed E-state index contributed by atoms with van der Waals surface area (Å²) in [7, 11) is 0. The molecule has 4 aromatic rings. The molecule has 1 atom stereocenters. The van der Waals surface area contributed by atoms with Crippen molar-refractivity contribution < 1.29 is 31.1 Å². The number of benzene rings is 1. The predicted molar refractivity (Wildman–Crippen MR) is 114 cm³/mol. The van der Waals surface area contributed by atoms with Crippen LogP contribution in [0.2, 0.25) is 0 Å². The standard InChI is InChI=1S/C23H14F6N6O/c1-12(33-21(36)14-7-15(22(24,25)26)9-16(8-14)23(27,28)29)19-34-17-3-2-6-31-20(17)35(19)18-5-4-13(10-30)11-32-18/h2-9,11-12H,1H3,(H,33,36)/t12-/m0/s1. The third-order valence-electron chi connectivity index (χ3n) is 5.13. The average molecular weight is 504 g/mol. The molecule has 1 aromatic carbocycles. The minimum absolute atomic E-state index is 0.0537. The van der Waals surface area contributed by atoms with Gasteiger partial charge in [0, 0.05) is 18.0 Å². The number of aromatic nitrogens is 4. The van der Waals surface area contributed by atoms with E-state index in [1.807, 2.05) is 6.07 Å². The Balaban J connectivity index is 1.74. The molecule has 184 valence electrons. The zero-order valence-electron chi connectivity index (χ0n) is 18.2. The number of imidazole rings is 1. The van der Waals surface area contributed by atoms with Crippen LogP contribution in [0, 0.1) is 11.3 Å². The van der Waals surface area contributed by atoms with Crippen molar-refractivity contribution in [3.05, 3.63) is 82.9 Å². The van der Waals surface area contributed by atoms with Gasteiger partial charge in [-0.15, -0.1) is 0 Å². The number of rotatable bonds is 4. The molecule has 3 heterocycles. The van der Waals surface area contributed by atoms with Crippen LogP contribution in [0.25, 0.3) is 17.0 Å². The highest BCUT2D eigenvalue weighted by Crippen LogP contribution is 2.36. The van der Waals surface area contributed by atoms with Crippen LogP contribution in [0.5, 0.6) is 0 Å². The van der Waals surface area contributed by atoms with E-state index < -0.39 is 41.0 Å². The first-order valence-corrected chi connectivity index (χ1v) is 10.2. The number of hydrogen-bond acceptors (Lipinski definition) is 5. The molecule has 0 saturated carbocycles. The molecule has 13 heteroatoms. The van der Waals surface area contributed by atoms with E-state index in [4.69, 9.17) is 5.26 Å². The summed E-state index contributed by atoms with van der Waals surface area (Å²) in [6, 6.07) is 7.82. The summed E-state index contributed by atoms with van der Waals surface area (Å²) in [5.41, 5.74) is -3.01. The molecule has 0 aliphatic rings. The molecule has 4 rings (SSSR count). The maximum Gasteiger partial charge on any atom is 0.416 e. The van der Waals surface area contributed by atoms with Crippen molar-refractivity contribution in [1.29, 1.82) is 5.26 Å². The molecular formula is C23H14F6N6O. The van der Waals surface area contributed by atoms with Crippen molar-refractivity contribution in [3.63, 3.8) is 0 Å². The largest absolute Gasteiger partial charge is 0.416 e. The van der Waals surface area contributed by atoms with Crippen LogP contribution < -0.4 is 5.32 Å². The number of fused-ring (bicyclic) bond motifs is 1. The van der Waals surface area contributed by atoms with Gasteiger partial charge in [-0.05, 0) is 49.4 Å². The van der Waals surface area contributed by atoms with Crippen LogP contribution in [0.3, 0.4) is 0 Å². The maximum absolute atomic E-state index is 13.2. The van der Waals surface area contributed by atoms with E-state index >= 15 is 0 Å². The van der Waals surface area contributed by atoms with Crippen LogP contribution in [-0.4, -0.2) is 25.4 Å². The predicted octanol–water partition coefficient (Wildman–Crippen LogP) is 5.22. The quantitative estimate of drug-likeness (QED) is 0.385. The van der Waals surface area contributed by atoms with Crippen molar-refractivity contribution in [1.82, 2.24) is 24.8 Å². The molecule has 1 amide bonds. The lowest BCUT2D eigenvalue weighted by molar-refractivity contribution is -0.143. The van der Waals surface area contributed by atoms with Gasteiger partial charge < -0.3 is 5.32 Å². The molecule has 0 spiro atoms. The fourth-order valence-corrected chi connectivity index (χ4v) is 3.46. The Morgan fingerprint density at radius 1 is 1.03 bits per heavy atom. The van der Waals surface area contributed by atoms with Gasteiger partial charge in [0.1, 0.15) is 23.2 Å². The summed E-state index contributed by atoms with van der Waals surface area (Å²) < 4.78 is 80.6. The third kappa shape index (κ3) is 4.83. The van der Waals surface area contributed by atoms with Gasteiger partial charge in [0.15, 0.2) is 5.65 Å². The second kappa shape index (κ2) is 8.95. The number of pyridine rings is 2. The Morgan fingerprint density at radius 2 is 1.69 bits per heavy atom. The van der Waals surface area contributed by atoms with Crippen LogP contribution in [0.4, 0.5) is 26.3 Å². The molecule has 36 heavy (non-hydrogen) atoms. The third-order valence-corrected chi connectivity index (χ3v) is 5.13. The molecule has 1 N–H and O–H groups in total. The zero-order chi connectivity index (χ0) is 26.3.